The number of carbonyl (C=O) groups excluding carboxylic acids is 3. The number of piperazine rings is 1. The van der Waals surface area contributed by atoms with Crippen molar-refractivity contribution < 1.29 is 14.4 Å². The Kier molecular flexibility index (Phi) is 3.70. The van der Waals surface area contributed by atoms with E-state index in [4.69, 9.17) is 0 Å². The van der Waals surface area contributed by atoms with Crippen LogP contribution in [-0.2, 0) is 14.4 Å². The van der Waals surface area contributed by atoms with Gasteiger partial charge in [-0.3, -0.25) is 24.7 Å². The minimum Gasteiger partial charge on any atom is -0.318 e. The molecular weight excluding hydrogens is 246 g/mol. The fourth-order valence-electron chi connectivity index (χ4n) is 1.72. The molecule has 0 bridgehead atoms. The van der Waals surface area contributed by atoms with Crippen molar-refractivity contribution in [1.82, 2.24) is 15.2 Å². The van der Waals surface area contributed by atoms with Gasteiger partial charge in [-0.1, -0.05) is 6.07 Å². The van der Waals surface area contributed by atoms with Crippen LogP contribution in [0.4, 0.5) is 0 Å². The SMILES string of the molecule is CC1C(=O)NC(=O)CN1C(=O)C=Cc1cccnc1. The number of carbonyl (C=O) groups is 3. The van der Waals surface area contributed by atoms with Crippen LogP contribution in [0.1, 0.15) is 12.5 Å². The summed E-state index contributed by atoms with van der Waals surface area (Å²) in [6.45, 7) is 1.47. The van der Waals surface area contributed by atoms with E-state index in [1.54, 1.807) is 37.5 Å². The molecule has 0 spiro atoms. The first kappa shape index (κ1) is 12.9. The van der Waals surface area contributed by atoms with E-state index in [2.05, 4.69) is 10.3 Å². The molecule has 98 valence electrons. The average Bonchev–Trinajstić information content (AvgIpc) is 2.41. The molecule has 3 amide bonds. The maximum Gasteiger partial charge on any atom is 0.249 e. The fraction of sp³-hybridized carbons (Fsp3) is 0.231. The van der Waals surface area contributed by atoms with E-state index in [0.717, 1.165) is 5.56 Å². The van der Waals surface area contributed by atoms with Crippen LogP contribution in [0.3, 0.4) is 0 Å². The number of hydrogen-bond acceptors (Lipinski definition) is 4. The van der Waals surface area contributed by atoms with Crippen LogP contribution in [0.5, 0.6) is 0 Å². The summed E-state index contributed by atoms with van der Waals surface area (Å²) in [5.74, 6) is -1.30. The minimum absolute atomic E-state index is 0.108. The summed E-state index contributed by atoms with van der Waals surface area (Å²) in [4.78, 5) is 39.8. The number of amides is 3. The van der Waals surface area contributed by atoms with Gasteiger partial charge in [0.15, 0.2) is 0 Å². The predicted molar refractivity (Wildman–Crippen MR) is 67.6 cm³/mol. The molecule has 1 atom stereocenters. The molecule has 6 heteroatoms. The van der Waals surface area contributed by atoms with Gasteiger partial charge in [0.1, 0.15) is 12.6 Å². The van der Waals surface area contributed by atoms with Gasteiger partial charge in [0.05, 0.1) is 0 Å². The molecule has 1 aromatic heterocycles. The van der Waals surface area contributed by atoms with Crippen molar-refractivity contribution in [2.45, 2.75) is 13.0 Å². The molecule has 1 aliphatic heterocycles. The van der Waals surface area contributed by atoms with Gasteiger partial charge in [0.2, 0.25) is 17.7 Å². The van der Waals surface area contributed by atoms with Crippen LogP contribution in [0.25, 0.3) is 6.08 Å². The number of nitrogens with one attached hydrogen (secondary N) is 1. The number of aromatic nitrogens is 1. The Balaban J connectivity index is 2.09. The van der Waals surface area contributed by atoms with Crippen molar-refractivity contribution in [3.05, 3.63) is 36.2 Å². The second kappa shape index (κ2) is 5.43. The Morgan fingerprint density at radius 3 is 3.00 bits per heavy atom. The summed E-state index contributed by atoms with van der Waals surface area (Å²) in [7, 11) is 0. The van der Waals surface area contributed by atoms with Crippen molar-refractivity contribution in [1.29, 1.82) is 0 Å². The van der Waals surface area contributed by atoms with Crippen molar-refractivity contribution >= 4 is 23.8 Å². The molecule has 2 heterocycles. The van der Waals surface area contributed by atoms with Crippen molar-refractivity contribution in [2.24, 2.45) is 0 Å². The molecule has 0 saturated carbocycles. The number of imide groups is 1. The van der Waals surface area contributed by atoms with Gasteiger partial charge in [0.25, 0.3) is 0 Å². The maximum absolute atomic E-state index is 12.0. The zero-order valence-electron chi connectivity index (χ0n) is 10.4. The summed E-state index contributed by atoms with van der Waals surface area (Å²) in [6, 6.07) is 2.91. The molecule has 6 nitrogen and oxygen atoms in total. The van der Waals surface area contributed by atoms with Crippen LogP contribution in [0, 0.1) is 0 Å². The lowest BCUT2D eigenvalue weighted by atomic mass is 10.2. The zero-order chi connectivity index (χ0) is 13.8. The van der Waals surface area contributed by atoms with Gasteiger partial charge in [-0.05, 0) is 24.6 Å². The van der Waals surface area contributed by atoms with Crippen molar-refractivity contribution in [3.63, 3.8) is 0 Å². The van der Waals surface area contributed by atoms with Gasteiger partial charge >= 0.3 is 0 Å². The van der Waals surface area contributed by atoms with E-state index in [1.165, 1.54) is 11.0 Å². The summed E-state index contributed by atoms with van der Waals surface area (Å²) in [5, 5.41) is 2.18. The second-order valence-corrected chi connectivity index (χ2v) is 4.17. The largest absolute Gasteiger partial charge is 0.318 e. The van der Waals surface area contributed by atoms with E-state index < -0.39 is 17.9 Å². The Bertz CT molecular complexity index is 539. The third-order valence-electron chi connectivity index (χ3n) is 2.81. The summed E-state index contributed by atoms with van der Waals surface area (Å²) >= 11 is 0. The highest BCUT2D eigenvalue weighted by Crippen LogP contribution is 2.07. The van der Waals surface area contributed by atoms with E-state index in [0.29, 0.717) is 0 Å². The summed E-state index contributed by atoms with van der Waals surface area (Å²) in [6.07, 6.45) is 6.18. The fourth-order valence-corrected chi connectivity index (χ4v) is 1.72. The smallest absolute Gasteiger partial charge is 0.249 e. The first-order valence-electron chi connectivity index (χ1n) is 5.80. The number of nitrogens with zero attached hydrogens (tertiary/aromatic N) is 2. The molecule has 1 aromatic rings. The lowest BCUT2D eigenvalue weighted by Crippen LogP contribution is -2.58. The van der Waals surface area contributed by atoms with E-state index in [9.17, 15) is 14.4 Å². The highest BCUT2D eigenvalue weighted by molar-refractivity contribution is 6.06. The van der Waals surface area contributed by atoms with E-state index in [1.807, 2.05) is 0 Å². The third kappa shape index (κ3) is 3.04. The van der Waals surface area contributed by atoms with E-state index in [-0.39, 0.29) is 12.5 Å². The molecule has 19 heavy (non-hydrogen) atoms. The molecule has 1 aliphatic rings. The number of pyridine rings is 1. The molecule has 0 aromatic carbocycles. The highest BCUT2D eigenvalue weighted by atomic mass is 16.2. The molecule has 1 saturated heterocycles. The Morgan fingerprint density at radius 1 is 1.53 bits per heavy atom. The van der Waals surface area contributed by atoms with Crippen molar-refractivity contribution in [3.8, 4) is 0 Å². The Labute approximate surface area is 110 Å². The van der Waals surface area contributed by atoms with Crippen molar-refractivity contribution in [2.75, 3.05) is 6.54 Å². The summed E-state index contributed by atoms with van der Waals surface area (Å²) < 4.78 is 0. The van der Waals surface area contributed by atoms with Gasteiger partial charge in [0, 0.05) is 18.5 Å². The standard InChI is InChI=1S/C13H13N3O3/c1-9-13(19)15-11(17)8-16(9)12(18)5-4-10-3-2-6-14-7-10/h2-7,9H,8H2,1H3,(H,15,17,19). The average molecular weight is 259 g/mol. The highest BCUT2D eigenvalue weighted by Gasteiger charge is 2.32. The Morgan fingerprint density at radius 2 is 2.32 bits per heavy atom. The van der Waals surface area contributed by atoms with Gasteiger partial charge in [-0.25, -0.2) is 0 Å². The maximum atomic E-state index is 12.0. The lowest BCUT2D eigenvalue weighted by molar-refractivity contribution is -0.147. The van der Waals surface area contributed by atoms with Gasteiger partial charge in [-0.15, -0.1) is 0 Å². The van der Waals surface area contributed by atoms with Crippen LogP contribution >= 0.6 is 0 Å². The minimum atomic E-state index is -0.649. The first-order valence-corrected chi connectivity index (χ1v) is 5.80. The number of rotatable bonds is 2. The molecule has 1 N–H and O–H groups in total. The van der Waals surface area contributed by atoms with E-state index >= 15 is 0 Å². The molecule has 1 fully saturated rings. The Hall–Kier alpha value is -2.50. The van der Waals surface area contributed by atoms with Crippen LogP contribution in [0.15, 0.2) is 30.6 Å². The van der Waals surface area contributed by atoms with Crippen LogP contribution < -0.4 is 5.32 Å². The van der Waals surface area contributed by atoms with Gasteiger partial charge in [-0.2, -0.15) is 0 Å². The first-order chi connectivity index (χ1) is 9.08. The summed E-state index contributed by atoms with van der Waals surface area (Å²) in [5.41, 5.74) is 0.774. The number of hydrogen-bond donors (Lipinski definition) is 1. The molecule has 2 rings (SSSR count). The molecule has 0 radical (unpaired) electrons. The van der Waals surface area contributed by atoms with Crippen LogP contribution in [-0.4, -0.2) is 40.2 Å². The monoisotopic (exact) mass is 259 g/mol. The third-order valence-corrected chi connectivity index (χ3v) is 2.81. The van der Waals surface area contributed by atoms with Crippen LogP contribution in [0.2, 0.25) is 0 Å². The zero-order valence-corrected chi connectivity index (χ0v) is 10.4. The molecular formula is C13H13N3O3. The topological polar surface area (TPSA) is 79.4 Å². The predicted octanol–water partition coefficient (Wildman–Crippen LogP) is -0.0317. The lowest BCUT2D eigenvalue weighted by Gasteiger charge is -2.30. The quantitative estimate of drug-likeness (QED) is 0.597. The molecule has 1 unspecified atom stereocenters. The normalized spacial score (nSPS) is 19.6. The van der Waals surface area contributed by atoms with Gasteiger partial charge < -0.3 is 4.90 Å². The second-order valence-electron chi connectivity index (χ2n) is 4.17. The molecule has 0 aliphatic carbocycles.